The molecule has 2 aromatic rings. The molecule has 2 heterocycles. The van der Waals surface area contributed by atoms with Gasteiger partial charge in [0.05, 0.1) is 24.4 Å². The summed E-state index contributed by atoms with van der Waals surface area (Å²) in [4.78, 5) is 24.0. The van der Waals surface area contributed by atoms with E-state index in [0.29, 0.717) is 19.0 Å². The maximum Gasteiger partial charge on any atom is 0.269 e. The third kappa shape index (κ3) is 4.85. The Labute approximate surface area is 162 Å². The first-order valence-electron chi connectivity index (χ1n) is 8.47. The van der Waals surface area contributed by atoms with Crippen molar-refractivity contribution in [3.8, 4) is 0 Å². The largest absolute Gasteiger partial charge is 0.465 e. The average molecular weight is 405 g/mol. The van der Waals surface area contributed by atoms with Gasteiger partial charge >= 0.3 is 0 Å². The first kappa shape index (κ1) is 19.8. The molecular formula is C18H19N3O6S. The van der Waals surface area contributed by atoms with Crippen molar-refractivity contribution in [2.24, 2.45) is 0 Å². The molecule has 1 fully saturated rings. The van der Waals surface area contributed by atoms with Gasteiger partial charge in [0.2, 0.25) is 10.0 Å². The number of sulfonamides is 1. The van der Waals surface area contributed by atoms with E-state index in [9.17, 15) is 18.0 Å². The Hall–Kier alpha value is -2.95. The highest BCUT2D eigenvalue weighted by molar-refractivity contribution is 7.89. The van der Waals surface area contributed by atoms with Crippen LogP contribution in [0, 0.1) is 0 Å². The lowest BCUT2D eigenvalue weighted by Gasteiger charge is -2.26. The number of hydrogen-bond donors (Lipinski definition) is 2. The molecule has 1 saturated heterocycles. The quantitative estimate of drug-likeness (QED) is 0.561. The van der Waals surface area contributed by atoms with E-state index in [1.165, 1.54) is 47.0 Å². The summed E-state index contributed by atoms with van der Waals surface area (Å²) in [7, 11) is -3.72. The van der Waals surface area contributed by atoms with E-state index in [1.807, 2.05) is 0 Å². The zero-order valence-corrected chi connectivity index (χ0v) is 15.6. The Balaban J connectivity index is 1.63. The van der Waals surface area contributed by atoms with Gasteiger partial charge < -0.3 is 9.15 Å². The summed E-state index contributed by atoms with van der Waals surface area (Å²) in [6.07, 6.45) is 4.10. The van der Waals surface area contributed by atoms with Crippen LogP contribution in [-0.2, 0) is 19.6 Å². The van der Waals surface area contributed by atoms with Gasteiger partial charge in [0, 0.05) is 24.7 Å². The number of ether oxygens (including phenoxy) is 1. The predicted molar refractivity (Wildman–Crippen MR) is 99.4 cm³/mol. The molecule has 0 aliphatic carbocycles. The van der Waals surface area contributed by atoms with E-state index in [-0.39, 0.29) is 23.5 Å². The van der Waals surface area contributed by atoms with Gasteiger partial charge in [-0.2, -0.15) is 4.31 Å². The van der Waals surface area contributed by atoms with Crippen molar-refractivity contribution in [1.29, 1.82) is 0 Å². The van der Waals surface area contributed by atoms with Crippen molar-refractivity contribution >= 4 is 27.9 Å². The summed E-state index contributed by atoms with van der Waals surface area (Å²) in [6, 6.07) is 8.97. The lowest BCUT2D eigenvalue weighted by atomic mass is 10.2. The molecular weight excluding hydrogens is 386 g/mol. The molecule has 0 unspecified atom stereocenters. The average Bonchev–Trinajstić information content (AvgIpc) is 3.25. The van der Waals surface area contributed by atoms with Gasteiger partial charge in [-0.15, -0.1) is 0 Å². The third-order valence-corrected chi connectivity index (χ3v) is 5.84. The molecule has 9 nitrogen and oxygen atoms in total. The van der Waals surface area contributed by atoms with Crippen LogP contribution in [0.1, 0.15) is 16.1 Å². The molecule has 0 atom stereocenters. The molecule has 1 aromatic heterocycles. The monoisotopic (exact) mass is 405 g/mol. The lowest BCUT2D eigenvalue weighted by molar-refractivity contribution is -0.117. The van der Waals surface area contributed by atoms with E-state index in [1.54, 1.807) is 12.1 Å². The first-order valence-corrected chi connectivity index (χ1v) is 9.91. The Kier molecular flexibility index (Phi) is 6.24. The van der Waals surface area contributed by atoms with Crippen molar-refractivity contribution in [2.45, 2.75) is 4.90 Å². The minimum atomic E-state index is -3.72. The minimum Gasteiger partial charge on any atom is -0.465 e. The number of carbonyl (C=O) groups is 2. The van der Waals surface area contributed by atoms with E-state index in [4.69, 9.17) is 9.15 Å². The maximum atomic E-state index is 12.7. The number of amides is 2. The lowest BCUT2D eigenvalue weighted by Crippen LogP contribution is -2.41. The zero-order valence-electron chi connectivity index (χ0n) is 14.8. The number of benzene rings is 1. The van der Waals surface area contributed by atoms with Gasteiger partial charge in [0.1, 0.15) is 5.76 Å². The van der Waals surface area contributed by atoms with Crippen LogP contribution in [0.2, 0.25) is 0 Å². The highest BCUT2D eigenvalue weighted by Crippen LogP contribution is 2.18. The summed E-state index contributed by atoms with van der Waals surface area (Å²) in [6.45, 7) is 1.18. The summed E-state index contributed by atoms with van der Waals surface area (Å²) < 4.78 is 36.9. The summed E-state index contributed by atoms with van der Waals surface area (Å²) in [5, 5.41) is 0. The molecule has 2 N–H and O–H groups in total. The predicted octanol–water partition coefficient (Wildman–Crippen LogP) is 0.775. The number of nitrogens with one attached hydrogen (secondary N) is 2. The van der Waals surface area contributed by atoms with Crippen molar-refractivity contribution in [1.82, 2.24) is 15.2 Å². The highest BCUT2D eigenvalue weighted by Gasteiger charge is 2.26. The Bertz CT molecular complexity index is 963. The molecule has 10 heteroatoms. The number of furan rings is 1. The highest BCUT2D eigenvalue weighted by atomic mass is 32.2. The number of hydrogen-bond acceptors (Lipinski definition) is 6. The van der Waals surface area contributed by atoms with Gasteiger partial charge in [0.15, 0.2) is 0 Å². The second-order valence-electron chi connectivity index (χ2n) is 5.84. The fourth-order valence-electron chi connectivity index (χ4n) is 2.51. The second-order valence-corrected chi connectivity index (χ2v) is 7.77. The van der Waals surface area contributed by atoms with Crippen molar-refractivity contribution < 1.29 is 27.2 Å². The maximum absolute atomic E-state index is 12.7. The van der Waals surface area contributed by atoms with E-state index in [2.05, 4.69) is 10.9 Å². The van der Waals surface area contributed by atoms with Gasteiger partial charge in [-0.05, 0) is 36.4 Å². The number of rotatable bonds is 5. The molecule has 3 rings (SSSR count). The topological polar surface area (TPSA) is 118 Å². The fraction of sp³-hybridized carbons (Fsp3) is 0.222. The smallest absolute Gasteiger partial charge is 0.269 e. The molecule has 28 heavy (non-hydrogen) atoms. The molecule has 0 radical (unpaired) electrons. The second kappa shape index (κ2) is 8.83. The first-order chi connectivity index (χ1) is 13.5. The van der Waals surface area contributed by atoms with Crippen LogP contribution in [-0.4, -0.2) is 50.8 Å². The molecule has 2 amide bonds. The van der Waals surface area contributed by atoms with E-state index in [0.717, 1.165) is 0 Å². The Morgan fingerprint density at radius 3 is 2.57 bits per heavy atom. The van der Waals surface area contributed by atoms with Gasteiger partial charge in [0.25, 0.3) is 11.8 Å². The summed E-state index contributed by atoms with van der Waals surface area (Å²) in [5.41, 5.74) is 4.56. The fourth-order valence-corrected chi connectivity index (χ4v) is 3.96. The standard InChI is InChI=1S/C18H19N3O6S/c22-17(7-6-15-4-2-10-27-15)19-20-18(23)14-3-1-5-16(13-14)28(24,25)21-8-11-26-12-9-21/h1-7,10,13H,8-9,11-12H2,(H,19,22)(H,20,23)/b7-6+. The van der Waals surface area contributed by atoms with E-state index >= 15 is 0 Å². The van der Waals surface area contributed by atoms with Crippen molar-refractivity contribution in [2.75, 3.05) is 26.3 Å². The number of carbonyl (C=O) groups excluding carboxylic acids is 2. The van der Waals surface area contributed by atoms with Crippen LogP contribution in [0.25, 0.3) is 6.08 Å². The van der Waals surface area contributed by atoms with Crippen molar-refractivity contribution in [3.05, 3.63) is 60.1 Å². The Morgan fingerprint density at radius 1 is 1.07 bits per heavy atom. The molecule has 0 bridgehead atoms. The van der Waals surface area contributed by atoms with Crippen LogP contribution in [0.15, 0.2) is 58.1 Å². The number of hydrazine groups is 1. The molecule has 0 saturated carbocycles. The van der Waals surface area contributed by atoms with Crippen LogP contribution in [0.3, 0.4) is 0 Å². The number of morpholine rings is 1. The SMILES string of the molecule is O=C(/C=C/c1ccco1)NNC(=O)c1cccc(S(=O)(=O)N2CCOCC2)c1. The molecule has 1 aliphatic heterocycles. The Morgan fingerprint density at radius 2 is 1.86 bits per heavy atom. The molecule has 0 spiro atoms. The van der Waals surface area contributed by atoms with Gasteiger partial charge in [-0.1, -0.05) is 6.07 Å². The number of nitrogens with zero attached hydrogens (tertiary/aromatic N) is 1. The van der Waals surface area contributed by atoms with Crippen LogP contribution >= 0.6 is 0 Å². The van der Waals surface area contributed by atoms with E-state index < -0.39 is 21.8 Å². The van der Waals surface area contributed by atoms with Crippen LogP contribution < -0.4 is 10.9 Å². The third-order valence-electron chi connectivity index (χ3n) is 3.95. The van der Waals surface area contributed by atoms with Gasteiger partial charge in [-0.25, -0.2) is 8.42 Å². The zero-order chi connectivity index (χ0) is 20.0. The van der Waals surface area contributed by atoms with Crippen LogP contribution in [0.4, 0.5) is 0 Å². The van der Waals surface area contributed by atoms with Crippen LogP contribution in [0.5, 0.6) is 0 Å². The molecule has 1 aliphatic rings. The van der Waals surface area contributed by atoms with Gasteiger partial charge in [-0.3, -0.25) is 20.4 Å². The minimum absolute atomic E-state index is 0.00564. The normalized spacial score (nSPS) is 15.4. The van der Waals surface area contributed by atoms with Crippen molar-refractivity contribution in [3.63, 3.8) is 0 Å². The molecule has 1 aromatic carbocycles. The molecule has 148 valence electrons. The summed E-state index contributed by atoms with van der Waals surface area (Å²) >= 11 is 0. The summed E-state index contributed by atoms with van der Waals surface area (Å²) in [5.74, 6) is -0.719.